The van der Waals surface area contributed by atoms with Crippen molar-refractivity contribution in [3.63, 3.8) is 0 Å². The minimum atomic E-state index is -0.800. The van der Waals surface area contributed by atoms with Crippen molar-refractivity contribution in [2.45, 2.75) is 53.1 Å². The first-order valence-corrected chi connectivity index (χ1v) is 6.35. The van der Waals surface area contributed by atoms with Crippen LogP contribution >= 0.6 is 0 Å². The zero-order valence-corrected chi connectivity index (χ0v) is 11.9. The molecule has 0 aromatic heterocycles. The summed E-state index contributed by atoms with van der Waals surface area (Å²) < 4.78 is 5.12. The highest BCUT2D eigenvalue weighted by Gasteiger charge is 2.20. The Balaban J connectivity index is 4.08. The Labute approximate surface area is 109 Å². The second-order valence-electron chi connectivity index (χ2n) is 5.63. The molecule has 0 aromatic carbocycles. The molecule has 2 atom stereocenters. The summed E-state index contributed by atoms with van der Waals surface area (Å²) in [7, 11) is 0. The van der Waals surface area contributed by atoms with E-state index in [-0.39, 0.29) is 5.92 Å². The lowest BCUT2D eigenvalue weighted by Crippen LogP contribution is -2.35. The van der Waals surface area contributed by atoms with E-state index in [1.807, 2.05) is 6.92 Å². The van der Waals surface area contributed by atoms with Crippen LogP contribution in [0.25, 0.3) is 0 Å². The average Bonchev–Trinajstić information content (AvgIpc) is 2.21. The quantitative estimate of drug-likeness (QED) is 0.769. The van der Waals surface area contributed by atoms with Gasteiger partial charge in [0.05, 0.1) is 5.92 Å². The molecule has 0 fully saturated rings. The highest BCUT2D eigenvalue weighted by molar-refractivity contribution is 5.69. The molecule has 1 amide bonds. The predicted octanol–water partition coefficient (Wildman–Crippen LogP) is 2.65. The predicted molar refractivity (Wildman–Crippen MR) is 69.4 cm³/mol. The molecule has 18 heavy (non-hydrogen) atoms. The maximum Gasteiger partial charge on any atom is 0.407 e. The Hall–Kier alpha value is -1.26. The number of hydrogen-bond acceptors (Lipinski definition) is 3. The first-order valence-electron chi connectivity index (χ1n) is 6.35. The number of rotatable bonds is 6. The van der Waals surface area contributed by atoms with Gasteiger partial charge in [-0.1, -0.05) is 20.3 Å². The summed E-state index contributed by atoms with van der Waals surface area (Å²) in [5.41, 5.74) is -0.514. The molecular formula is C13H25NO4. The van der Waals surface area contributed by atoms with E-state index in [0.29, 0.717) is 13.0 Å². The van der Waals surface area contributed by atoms with Gasteiger partial charge in [0.2, 0.25) is 0 Å². The van der Waals surface area contributed by atoms with Crippen LogP contribution in [0.4, 0.5) is 4.79 Å². The van der Waals surface area contributed by atoms with Gasteiger partial charge in [0.25, 0.3) is 0 Å². The van der Waals surface area contributed by atoms with E-state index >= 15 is 0 Å². The number of ether oxygens (including phenoxy) is 1. The number of amides is 1. The monoisotopic (exact) mass is 259 g/mol. The van der Waals surface area contributed by atoms with Crippen LogP contribution in [0.15, 0.2) is 0 Å². The van der Waals surface area contributed by atoms with Crippen molar-refractivity contribution in [2.75, 3.05) is 6.54 Å². The van der Waals surface area contributed by atoms with Crippen molar-refractivity contribution < 1.29 is 19.4 Å². The fourth-order valence-electron chi connectivity index (χ4n) is 1.54. The molecule has 0 radical (unpaired) electrons. The lowest BCUT2D eigenvalue weighted by atomic mass is 9.94. The van der Waals surface area contributed by atoms with Crippen molar-refractivity contribution >= 4 is 12.1 Å². The molecular weight excluding hydrogens is 234 g/mol. The van der Waals surface area contributed by atoms with Gasteiger partial charge in [-0.3, -0.25) is 4.79 Å². The summed E-state index contributed by atoms with van der Waals surface area (Å²) in [5.74, 6) is -1.04. The minimum absolute atomic E-state index is 0.156. The fourth-order valence-corrected chi connectivity index (χ4v) is 1.54. The van der Waals surface area contributed by atoms with Crippen LogP contribution in [-0.4, -0.2) is 29.3 Å². The van der Waals surface area contributed by atoms with Gasteiger partial charge in [-0.05, 0) is 33.1 Å². The molecule has 5 nitrogen and oxygen atoms in total. The van der Waals surface area contributed by atoms with Gasteiger partial charge in [-0.25, -0.2) is 4.79 Å². The molecule has 0 aliphatic heterocycles. The van der Waals surface area contributed by atoms with E-state index in [9.17, 15) is 9.59 Å². The van der Waals surface area contributed by atoms with Crippen molar-refractivity contribution in [2.24, 2.45) is 11.8 Å². The summed E-state index contributed by atoms with van der Waals surface area (Å²) in [5, 5.41) is 11.5. The van der Waals surface area contributed by atoms with Crippen LogP contribution in [0.1, 0.15) is 47.5 Å². The summed E-state index contributed by atoms with van der Waals surface area (Å²) in [6.07, 6.45) is 0.929. The van der Waals surface area contributed by atoms with Crippen molar-refractivity contribution in [3.05, 3.63) is 0 Å². The lowest BCUT2D eigenvalue weighted by Gasteiger charge is -2.22. The third-order valence-electron chi connectivity index (χ3n) is 2.62. The van der Waals surface area contributed by atoms with Crippen LogP contribution in [0.3, 0.4) is 0 Å². The third kappa shape index (κ3) is 7.92. The summed E-state index contributed by atoms with van der Waals surface area (Å²) >= 11 is 0. The van der Waals surface area contributed by atoms with Gasteiger partial charge in [-0.2, -0.15) is 0 Å². The lowest BCUT2D eigenvalue weighted by molar-refractivity contribution is -0.141. The number of alkyl carbamates (subject to hydrolysis) is 1. The SMILES string of the molecule is CCC(CNC(=O)OC(C)(C)C)CC(C)C(=O)O. The number of carboxylic acids is 1. The maximum atomic E-state index is 11.4. The van der Waals surface area contributed by atoms with E-state index in [2.05, 4.69) is 5.32 Å². The third-order valence-corrected chi connectivity index (χ3v) is 2.62. The molecule has 5 heteroatoms. The number of nitrogens with one attached hydrogen (secondary N) is 1. The topological polar surface area (TPSA) is 75.6 Å². The number of carbonyl (C=O) groups is 2. The van der Waals surface area contributed by atoms with Crippen molar-refractivity contribution in [1.82, 2.24) is 5.32 Å². The van der Waals surface area contributed by atoms with Gasteiger partial charge < -0.3 is 15.2 Å². The molecule has 2 N–H and O–H groups in total. The van der Waals surface area contributed by atoms with E-state index in [0.717, 1.165) is 6.42 Å². The Kier molecular flexibility index (Phi) is 6.73. The normalized spacial score (nSPS) is 14.7. The molecule has 0 heterocycles. The van der Waals surface area contributed by atoms with Crippen LogP contribution in [0.5, 0.6) is 0 Å². The van der Waals surface area contributed by atoms with Crippen LogP contribution < -0.4 is 5.32 Å². The number of hydrogen-bond donors (Lipinski definition) is 2. The largest absolute Gasteiger partial charge is 0.481 e. The van der Waals surface area contributed by atoms with Gasteiger partial charge in [0.1, 0.15) is 5.60 Å². The second kappa shape index (κ2) is 7.24. The zero-order chi connectivity index (χ0) is 14.3. The molecule has 0 spiro atoms. The maximum absolute atomic E-state index is 11.4. The summed E-state index contributed by atoms with van der Waals surface area (Å²) in [6, 6.07) is 0. The van der Waals surface area contributed by atoms with E-state index in [1.165, 1.54) is 0 Å². The molecule has 0 bridgehead atoms. The summed E-state index contributed by atoms with van der Waals surface area (Å²) in [6.45, 7) is 9.51. The first kappa shape index (κ1) is 16.7. The Morgan fingerprint density at radius 2 is 1.89 bits per heavy atom. The molecule has 0 aliphatic carbocycles. The zero-order valence-electron chi connectivity index (χ0n) is 11.9. The Bertz CT molecular complexity index is 283. The van der Waals surface area contributed by atoms with Crippen LogP contribution in [0, 0.1) is 11.8 Å². The molecule has 0 saturated carbocycles. The van der Waals surface area contributed by atoms with Gasteiger partial charge in [0, 0.05) is 6.54 Å². The Morgan fingerprint density at radius 3 is 2.28 bits per heavy atom. The van der Waals surface area contributed by atoms with Crippen LogP contribution in [-0.2, 0) is 9.53 Å². The van der Waals surface area contributed by atoms with Gasteiger partial charge >= 0.3 is 12.1 Å². The number of aliphatic carboxylic acids is 1. The van der Waals surface area contributed by atoms with Gasteiger partial charge in [-0.15, -0.1) is 0 Å². The van der Waals surface area contributed by atoms with Gasteiger partial charge in [0.15, 0.2) is 0 Å². The van der Waals surface area contributed by atoms with Crippen molar-refractivity contribution in [1.29, 1.82) is 0 Å². The minimum Gasteiger partial charge on any atom is -0.481 e. The molecule has 2 unspecified atom stereocenters. The smallest absolute Gasteiger partial charge is 0.407 e. The molecule has 0 aliphatic rings. The second-order valence-corrected chi connectivity index (χ2v) is 5.63. The highest BCUT2D eigenvalue weighted by Crippen LogP contribution is 2.15. The molecule has 0 saturated heterocycles. The highest BCUT2D eigenvalue weighted by atomic mass is 16.6. The first-order chi connectivity index (χ1) is 8.15. The Morgan fingerprint density at radius 1 is 1.33 bits per heavy atom. The average molecular weight is 259 g/mol. The molecule has 0 aromatic rings. The van der Waals surface area contributed by atoms with Crippen LogP contribution in [0.2, 0.25) is 0 Å². The number of carboxylic acid groups (broad SMARTS) is 1. The van der Waals surface area contributed by atoms with E-state index in [1.54, 1.807) is 27.7 Å². The number of carbonyl (C=O) groups excluding carboxylic acids is 1. The van der Waals surface area contributed by atoms with E-state index in [4.69, 9.17) is 9.84 Å². The standard InChI is InChI=1S/C13H25NO4/c1-6-10(7-9(2)11(15)16)8-14-12(17)18-13(3,4)5/h9-10H,6-8H2,1-5H3,(H,14,17)(H,15,16). The molecule has 106 valence electrons. The summed E-state index contributed by atoms with van der Waals surface area (Å²) in [4.78, 5) is 22.2. The van der Waals surface area contributed by atoms with E-state index < -0.39 is 23.6 Å². The van der Waals surface area contributed by atoms with Crippen molar-refractivity contribution in [3.8, 4) is 0 Å². The molecule has 0 rings (SSSR count). The fraction of sp³-hybridized carbons (Fsp3) is 0.846.